The van der Waals surface area contributed by atoms with Gasteiger partial charge in [0.2, 0.25) is 0 Å². The number of ketones is 1. The van der Waals surface area contributed by atoms with Crippen molar-refractivity contribution < 1.29 is 9.53 Å². The van der Waals surface area contributed by atoms with Crippen LogP contribution in [-0.2, 0) is 0 Å². The molecule has 0 atom stereocenters. The summed E-state index contributed by atoms with van der Waals surface area (Å²) >= 11 is 0. The number of hydrogen-bond donors (Lipinski definition) is 0. The van der Waals surface area contributed by atoms with Gasteiger partial charge in [0, 0.05) is 17.5 Å². The second kappa shape index (κ2) is 5.70. The molecule has 2 aromatic rings. The van der Waals surface area contributed by atoms with E-state index in [-0.39, 0.29) is 5.78 Å². The number of hydrogen-bond acceptors (Lipinski definition) is 2. The van der Waals surface area contributed by atoms with Crippen molar-refractivity contribution in [2.45, 2.75) is 20.3 Å². The average Bonchev–Trinajstić information content (AvgIpc) is 2.46. The molecule has 0 aliphatic heterocycles. The molecule has 2 heteroatoms. The summed E-state index contributed by atoms with van der Waals surface area (Å²) in [6, 6.07) is 13.8. The standard InChI is InChI=1S/C17H18O2/c1-4-16(18)14-8-6-13(7-9-14)15-11-12(2)5-10-17(15)19-3/h5-11H,4H2,1-3H3. The Morgan fingerprint density at radius 3 is 2.37 bits per heavy atom. The molecule has 0 saturated carbocycles. The van der Waals surface area contributed by atoms with Crippen LogP contribution < -0.4 is 4.74 Å². The first kappa shape index (κ1) is 13.3. The highest BCUT2D eigenvalue weighted by Gasteiger charge is 2.07. The van der Waals surface area contributed by atoms with Crippen LogP contribution in [0, 0.1) is 6.92 Å². The minimum atomic E-state index is 0.169. The van der Waals surface area contributed by atoms with E-state index in [0.29, 0.717) is 6.42 Å². The summed E-state index contributed by atoms with van der Waals surface area (Å²) in [7, 11) is 1.67. The largest absolute Gasteiger partial charge is 0.496 e. The van der Waals surface area contributed by atoms with Gasteiger partial charge in [0.1, 0.15) is 5.75 Å². The van der Waals surface area contributed by atoms with Gasteiger partial charge in [0.15, 0.2) is 5.78 Å². The van der Waals surface area contributed by atoms with Crippen molar-refractivity contribution in [3.05, 3.63) is 53.6 Å². The number of rotatable bonds is 4. The minimum Gasteiger partial charge on any atom is -0.496 e. The molecule has 98 valence electrons. The normalized spacial score (nSPS) is 10.3. The van der Waals surface area contributed by atoms with Crippen molar-refractivity contribution in [2.75, 3.05) is 7.11 Å². The monoisotopic (exact) mass is 254 g/mol. The summed E-state index contributed by atoms with van der Waals surface area (Å²) in [6.45, 7) is 3.93. The molecule has 2 nitrogen and oxygen atoms in total. The number of aryl methyl sites for hydroxylation is 1. The summed E-state index contributed by atoms with van der Waals surface area (Å²) in [5.41, 5.74) is 4.06. The van der Waals surface area contributed by atoms with Gasteiger partial charge in [-0.15, -0.1) is 0 Å². The van der Waals surface area contributed by atoms with Gasteiger partial charge in [-0.1, -0.05) is 42.8 Å². The molecule has 0 radical (unpaired) electrons. The number of methoxy groups -OCH3 is 1. The predicted molar refractivity (Wildman–Crippen MR) is 77.8 cm³/mol. The van der Waals surface area contributed by atoms with Gasteiger partial charge in [-0.3, -0.25) is 4.79 Å². The molecule has 0 saturated heterocycles. The molecule has 0 unspecified atom stereocenters. The zero-order valence-electron chi connectivity index (χ0n) is 11.6. The molecule has 0 amide bonds. The Labute approximate surface area is 114 Å². The first-order valence-electron chi connectivity index (χ1n) is 6.44. The predicted octanol–water partition coefficient (Wildman–Crippen LogP) is 4.26. The summed E-state index contributed by atoms with van der Waals surface area (Å²) in [6.07, 6.45) is 0.535. The molecule has 0 fully saturated rings. The van der Waals surface area contributed by atoms with E-state index in [9.17, 15) is 4.79 Å². The Balaban J connectivity index is 2.42. The Hall–Kier alpha value is -2.09. The van der Waals surface area contributed by atoms with Gasteiger partial charge in [0.25, 0.3) is 0 Å². The molecule has 19 heavy (non-hydrogen) atoms. The second-order valence-corrected chi connectivity index (χ2v) is 4.56. The Morgan fingerprint density at radius 2 is 1.79 bits per heavy atom. The molecule has 2 aromatic carbocycles. The molecular weight excluding hydrogens is 236 g/mol. The van der Waals surface area contributed by atoms with E-state index in [1.54, 1.807) is 7.11 Å². The Morgan fingerprint density at radius 1 is 1.11 bits per heavy atom. The summed E-state index contributed by atoms with van der Waals surface area (Å²) in [4.78, 5) is 11.6. The summed E-state index contributed by atoms with van der Waals surface area (Å²) < 4.78 is 5.39. The van der Waals surface area contributed by atoms with Gasteiger partial charge in [-0.05, 0) is 24.6 Å². The van der Waals surface area contributed by atoms with Crippen LogP contribution in [0.2, 0.25) is 0 Å². The minimum absolute atomic E-state index is 0.169. The van der Waals surface area contributed by atoms with Crippen molar-refractivity contribution in [2.24, 2.45) is 0 Å². The fourth-order valence-corrected chi connectivity index (χ4v) is 2.09. The van der Waals surface area contributed by atoms with Gasteiger partial charge < -0.3 is 4.74 Å². The van der Waals surface area contributed by atoms with E-state index in [2.05, 4.69) is 13.0 Å². The van der Waals surface area contributed by atoms with Gasteiger partial charge in [0.05, 0.1) is 7.11 Å². The summed E-state index contributed by atoms with van der Waals surface area (Å²) in [5.74, 6) is 1.02. The van der Waals surface area contributed by atoms with E-state index in [1.807, 2.05) is 43.3 Å². The lowest BCUT2D eigenvalue weighted by Crippen LogP contribution is -1.96. The van der Waals surface area contributed by atoms with E-state index < -0.39 is 0 Å². The fourth-order valence-electron chi connectivity index (χ4n) is 2.09. The average molecular weight is 254 g/mol. The van der Waals surface area contributed by atoms with Crippen molar-refractivity contribution in [3.8, 4) is 16.9 Å². The van der Waals surface area contributed by atoms with Crippen LogP contribution in [-0.4, -0.2) is 12.9 Å². The smallest absolute Gasteiger partial charge is 0.162 e. The zero-order valence-corrected chi connectivity index (χ0v) is 11.6. The SMILES string of the molecule is CCC(=O)c1ccc(-c2cc(C)ccc2OC)cc1. The third-order valence-corrected chi connectivity index (χ3v) is 3.19. The first-order valence-corrected chi connectivity index (χ1v) is 6.44. The van der Waals surface area contributed by atoms with E-state index in [0.717, 1.165) is 22.4 Å². The number of benzene rings is 2. The third kappa shape index (κ3) is 2.84. The number of ether oxygens (including phenoxy) is 1. The molecular formula is C17H18O2. The van der Waals surface area contributed by atoms with E-state index >= 15 is 0 Å². The Kier molecular flexibility index (Phi) is 4.00. The summed E-state index contributed by atoms with van der Waals surface area (Å²) in [5, 5.41) is 0. The number of carbonyl (C=O) groups excluding carboxylic acids is 1. The maximum absolute atomic E-state index is 11.6. The van der Waals surface area contributed by atoms with Crippen LogP contribution in [0.25, 0.3) is 11.1 Å². The van der Waals surface area contributed by atoms with Crippen LogP contribution >= 0.6 is 0 Å². The lowest BCUT2D eigenvalue weighted by atomic mass is 9.99. The van der Waals surface area contributed by atoms with Gasteiger partial charge >= 0.3 is 0 Å². The lowest BCUT2D eigenvalue weighted by molar-refractivity contribution is 0.0988. The van der Waals surface area contributed by atoms with Crippen LogP contribution in [0.1, 0.15) is 29.3 Å². The Bertz CT molecular complexity index is 583. The van der Waals surface area contributed by atoms with Gasteiger partial charge in [-0.25, -0.2) is 0 Å². The lowest BCUT2D eigenvalue weighted by Gasteiger charge is -2.10. The van der Waals surface area contributed by atoms with Crippen molar-refractivity contribution in [1.29, 1.82) is 0 Å². The molecule has 0 aliphatic rings. The first-order chi connectivity index (χ1) is 9.15. The molecule has 0 aliphatic carbocycles. The van der Waals surface area contributed by atoms with Crippen LogP contribution in [0.4, 0.5) is 0 Å². The highest BCUT2D eigenvalue weighted by molar-refractivity contribution is 5.96. The molecule has 0 heterocycles. The fraction of sp³-hybridized carbons (Fsp3) is 0.235. The highest BCUT2D eigenvalue weighted by atomic mass is 16.5. The maximum Gasteiger partial charge on any atom is 0.162 e. The van der Waals surface area contributed by atoms with E-state index in [4.69, 9.17) is 4.74 Å². The van der Waals surface area contributed by atoms with E-state index in [1.165, 1.54) is 5.56 Å². The number of carbonyl (C=O) groups is 1. The molecule has 0 aromatic heterocycles. The third-order valence-electron chi connectivity index (χ3n) is 3.19. The van der Waals surface area contributed by atoms with Crippen molar-refractivity contribution >= 4 is 5.78 Å². The van der Waals surface area contributed by atoms with Crippen LogP contribution in [0.5, 0.6) is 5.75 Å². The topological polar surface area (TPSA) is 26.3 Å². The van der Waals surface area contributed by atoms with Gasteiger partial charge in [-0.2, -0.15) is 0 Å². The second-order valence-electron chi connectivity index (χ2n) is 4.56. The molecule has 0 spiro atoms. The molecule has 2 rings (SSSR count). The van der Waals surface area contributed by atoms with Crippen LogP contribution in [0.15, 0.2) is 42.5 Å². The van der Waals surface area contributed by atoms with Crippen molar-refractivity contribution in [1.82, 2.24) is 0 Å². The van der Waals surface area contributed by atoms with Crippen LogP contribution in [0.3, 0.4) is 0 Å². The van der Waals surface area contributed by atoms with Crippen molar-refractivity contribution in [3.63, 3.8) is 0 Å². The highest BCUT2D eigenvalue weighted by Crippen LogP contribution is 2.31. The quantitative estimate of drug-likeness (QED) is 0.762. The number of Topliss-reactive ketones (excluding diaryl/α,β-unsaturated/α-hetero) is 1. The molecule has 0 bridgehead atoms. The maximum atomic E-state index is 11.6. The zero-order chi connectivity index (χ0) is 13.8. The molecule has 0 N–H and O–H groups in total.